The molecule has 1 aliphatic rings. The summed E-state index contributed by atoms with van der Waals surface area (Å²) in [6.45, 7) is 0. The Kier molecular flexibility index (Phi) is 5.28. The van der Waals surface area contributed by atoms with Crippen LogP contribution >= 0.6 is 11.3 Å². The molecule has 4 heteroatoms. The van der Waals surface area contributed by atoms with Crippen LogP contribution in [0.25, 0.3) is 81.7 Å². The number of thiophene rings is 1. The van der Waals surface area contributed by atoms with Crippen LogP contribution in [0.4, 0.5) is 0 Å². The molecule has 0 bridgehead atoms. The third-order valence-electron chi connectivity index (χ3n) is 9.41. The number of rotatable bonds is 3. The van der Waals surface area contributed by atoms with Gasteiger partial charge in [-0.25, -0.2) is 4.98 Å². The Labute approximate surface area is 263 Å². The van der Waals surface area contributed by atoms with Gasteiger partial charge in [0.05, 0.1) is 33.6 Å². The van der Waals surface area contributed by atoms with E-state index in [2.05, 4.69) is 149 Å². The van der Waals surface area contributed by atoms with Crippen molar-refractivity contribution in [2.24, 2.45) is 0 Å². The second-order valence-electron chi connectivity index (χ2n) is 11.9. The van der Waals surface area contributed by atoms with E-state index in [-0.39, 0.29) is 0 Å². The SMILES string of the molecule is C1=Cc2c(c3ccccc3n2-c2cccc(-c3ccc4c(c3)c3ccccc3n4-c3cccc4sc5ccccc5c34)n2)CC1. The van der Waals surface area contributed by atoms with Crippen LogP contribution in [0.3, 0.4) is 0 Å². The van der Waals surface area contributed by atoms with Crippen LogP contribution in [0.2, 0.25) is 0 Å². The molecule has 4 aromatic heterocycles. The lowest BCUT2D eigenvalue weighted by Gasteiger charge is -2.13. The van der Waals surface area contributed by atoms with Gasteiger partial charge in [0.2, 0.25) is 0 Å². The predicted molar refractivity (Wildman–Crippen MR) is 191 cm³/mol. The third kappa shape index (κ3) is 3.60. The molecule has 0 aliphatic heterocycles. The summed E-state index contributed by atoms with van der Waals surface area (Å²) in [6, 6.07) is 46.2. The van der Waals surface area contributed by atoms with Gasteiger partial charge in [-0.3, -0.25) is 4.57 Å². The molecule has 0 amide bonds. The van der Waals surface area contributed by atoms with Crippen LogP contribution in [0.15, 0.2) is 133 Å². The van der Waals surface area contributed by atoms with E-state index < -0.39 is 0 Å². The minimum absolute atomic E-state index is 0.954. The minimum Gasteiger partial charge on any atom is -0.309 e. The Morgan fingerprint density at radius 1 is 0.578 bits per heavy atom. The summed E-state index contributed by atoms with van der Waals surface area (Å²) in [5, 5.41) is 6.43. The number of allylic oxidation sites excluding steroid dienone is 1. The fourth-order valence-corrected chi connectivity index (χ4v) is 8.60. The van der Waals surface area contributed by atoms with Crippen molar-refractivity contribution in [1.29, 1.82) is 0 Å². The topological polar surface area (TPSA) is 22.8 Å². The van der Waals surface area contributed by atoms with Crippen LogP contribution in [-0.4, -0.2) is 14.1 Å². The molecule has 0 N–H and O–H groups in total. The monoisotopic (exact) mass is 593 g/mol. The first kappa shape index (κ1) is 24.9. The van der Waals surface area contributed by atoms with Gasteiger partial charge in [0.25, 0.3) is 0 Å². The van der Waals surface area contributed by atoms with Crippen molar-refractivity contribution in [3.63, 3.8) is 0 Å². The Morgan fingerprint density at radius 3 is 2.22 bits per heavy atom. The highest BCUT2D eigenvalue weighted by Crippen LogP contribution is 2.41. The standard InChI is InChI=1S/C41H27N3S/c1-6-17-34-27(11-1)28-12-2-7-18-35(28)44(34)40-22-9-15-32(42-40)26-23-24-36-31(25-26)29-13-3-5-16-33(29)43(36)37-19-10-21-39-41(37)30-14-4-8-20-38(30)45-39/h1,3-11,13-25H,2,12H2. The summed E-state index contributed by atoms with van der Waals surface area (Å²) >= 11 is 1.86. The molecule has 0 spiro atoms. The van der Waals surface area contributed by atoms with E-state index in [0.29, 0.717) is 0 Å². The van der Waals surface area contributed by atoms with E-state index in [1.807, 2.05) is 11.3 Å². The largest absolute Gasteiger partial charge is 0.309 e. The highest BCUT2D eigenvalue weighted by Gasteiger charge is 2.20. The minimum atomic E-state index is 0.954. The zero-order chi connectivity index (χ0) is 29.5. The van der Waals surface area contributed by atoms with E-state index in [0.717, 1.165) is 29.9 Å². The van der Waals surface area contributed by atoms with Crippen LogP contribution in [-0.2, 0) is 6.42 Å². The lowest BCUT2D eigenvalue weighted by Crippen LogP contribution is -2.03. The quantitative estimate of drug-likeness (QED) is 0.200. The molecular weight excluding hydrogens is 567 g/mol. The van der Waals surface area contributed by atoms with Crippen LogP contribution in [0, 0.1) is 0 Å². The van der Waals surface area contributed by atoms with Gasteiger partial charge in [0.15, 0.2) is 0 Å². The summed E-state index contributed by atoms with van der Waals surface area (Å²) in [5.41, 5.74) is 9.62. The number of benzene rings is 5. The molecular formula is C41H27N3S. The smallest absolute Gasteiger partial charge is 0.138 e. The van der Waals surface area contributed by atoms with Gasteiger partial charge >= 0.3 is 0 Å². The summed E-state index contributed by atoms with van der Waals surface area (Å²) in [5.74, 6) is 0.954. The number of para-hydroxylation sites is 2. The molecule has 0 saturated heterocycles. The fourth-order valence-electron chi connectivity index (χ4n) is 7.48. The lowest BCUT2D eigenvalue weighted by atomic mass is 10.0. The molecule has 4 heterocycles. The molecule has 0 unspecified atom stereocenters. The van der Waals surface area contributed by atoms with Crippen molar-refractivity contribution in [2.45, 2.75) is 12.8 Å². The van der Waals surface area contributed by atoms with E-state index in [1.54, 1.807) is 0 Å². The molecule has 5 aromatic carbocycles. The molecule has 3 nitrogen and oxygen atoms in total. The number of aryl methyl sites for hydroxylation is 1. The Morgan fingerprint density at radius 2 is 1.31 bits per heavy atom. The number of nitrogens with zero attached hydrogens (tertiary/aromatic N) is 3. The van der Waals surface area contributed by atoms with E-state index >= 15 is 0 Å². The predicted octanol–water partition coefficient (Wildman–Crippen LogP) is 11.1. The Hall–Kier alpha value is -5.45. The molecule has 45 heavy (non-hydrogen) atoms. The van der Waals surface area contributed by atoms with Gasteiger partial charge in [-0.1, -0.05) is 78.9 Å². The van der Waals surface area contributed by atoms with Gasteiger partial charge in [-0.05, 0) is 79.1 Å². The van der Waals surface area contributed by atoms with Crippen molar-refractivity contribution in [2.75, 3.05) is 0 Å². The maximum absolute atomic E-state index is 5.29. The molecule has 0 fully saturated rings. The van der Waals surface area contributed by atoms with Crippen molar-refractivity contribution >= 4 is 70.3 Å². The van der Waals surface area contributed by atoms with Crippen LogP contribution < -0.4 is 0 Å². The lowest BCUT2D eigenvalue weighted by molar-refractivity contribution is 0.953. The maximum Gasteiger partial charge on any atom is 0.138 e. The van der Waals surface area contributed by atoms with Gasteiger partial charge < -0.3 is 4.57 Å². The van der Waals surface area contributed by atoms with Crippen molar-refractivity contribution in [3.8, 4) is 22.8 Å². The number of pyridine rings is 1. The molecule has 0 atom stereocenters. The summed E-state index contributed by atoms with van der Waals surface area (Å²) < 4.78 is 7.41. The zero-order valence-electron chi connectivity index (χ0n) is 24.4. The van der Waals surface area contributed by atoms with E-state index in [9.17, 15) is 0 Å². The molecule has 1 aliphatic carbocycles. The van der Waals surface area contributed by atoms with Crippen molar-refractivity contribution in [1.82, 2.24) is 14.1 Å². The summed E-state index contributed by atoms with van der Waals surface area (Å²) in [6.07, 6.45) is 6.70. The van der Waals surface area contributed by atoms with Gasteiger partial charge in [0.1, 0.15) is 5.82 Å². The van der Waals surface area contributed by atoms with Crippen LogP contribution in [0.5, 0.6) is 0 Å². The first-order valence-corrected chi connectivity index (χ1v) is 16.4. The summed E-state index contributed by atoms with van der Waals surface area (Å²) in [7, 11) is 0. The molecule has 9 aromatic rings. The Balaban J connectivity index is 1.18. The van der Waals surface area contributed by atoms with Crippen molar-refractivity contribution < 1.29 is 0 Å². The van der Waals surface area contributed by atoms with Crippen LogP contribution in [0.1, 0.15) is 17.7 Å². The van der Waals surface area contributed by atoms with Gasteiger partial charge in [-0.15, -0.1) is 11.3 Å². The Bertz CT molecular complexity index is 2660. The average Bonchev–Trinajstić information content (AvgIpc) is 3.76. The van der Waals surface area contributed by atoms with E-state index in [1.165, 1.54) is 69.8 Å². The number of fused-ring (bicyclic) bond motifs is 9. The second kappa shape index (κ2) is 9.52. The normalized spacial score (nSPS) is 13.1. The fraction of sp³-hybridized carbons (Fsp3) is 0.0488. The first-order valence-electron chi connectivity index (χ1n) is 15.5. The average molecular weight is 594 g/mol. The maximum atomic E-state index is 5.29. The van der Waals surface area contributed by atoms with E-state index in [4.69, 9.17) is 4.98 Å². The van der Waals surface area contributed by atoms with Gasteiger partial charge in [0, 0.05) is 41.9 Å². The summed E-state index contributed by atoms with van der Waals surface area (Å²) in [4.78, 5) is 5.29. The number of hydrogen-bond donors (Lipinski definition) is 0. The molecule has 212 valence electrons. The van der Waals surface area contributed by atoms with Crippen molar-refractivity contribution in [3.05, 3.63) is 145 Å². The highest BCUT2D eigenvalue weighted by molar-refractivity contribution is 7.25. The third-order valence-corrected chi connectivity index (χ3v) is 10.5. The van der Waals surface area contributed by atoms with Gasteiger partial charge in [-0.2, -0.15) is 0 Å². The molecule has 0 saturated carbocycles. The zero-order valence-corrected chi connectivity index (χ0v) is 25.3. The number of aromatic nitrogens is 3. The molecule has 10 rings (SSSR count). The number of hydrogen-bond acceptors (Lipinski definition) is 2. The first-order chi connectivity index (χ1) is 22.3. The molecule has 0 radical (unpaired) electrons. The highest BCUT2D eigenvalue weighted by atomic mass is 32.1. The second-order valence-corrected chi connectivity index (χ2v) is 13.0.